The zero-order chi connectivity index (χ0) is 56.2. The zero-order valence-electron chi connectivity index (χ0n) is 50.8. The molecule has 77 heavy (non-hydrogen) atoms. The van der Waals surface area contributed by atoms with E-state index in [1.807, 2.05) is 30.0 Å². The monoisotopic (exact) mass is 1160 g/mol. The van der Waals surface area contributed by atoms with E-state index in [2.05, 4.69) is 144 Å². The molecule has 426 valence electrons. The maximum atomic E-state index is 16.9. The molecule has 6 heterocycles. The van der Waals surface area contributed by atoms with Crippen molar-refractivity contribution >= 4 is 95.5 Å². The maximum absolute atomic E-state index is 16.9. The van der Waals surface area contributed by atoms with Crippen LogP contribution in [0.3, 0.4) is 0 Å². The van der Waals surface area contributed by atoms with E-state index < -0.39 is 0 Å². The Morgan fingerprint density at radius 3 is 1.58 bits per heavy atom. The molecule has 0 amide bonds. The molecule has 0 N–H and O–H groups in total. The van der Waals surface area contributed by atoms with Gasteiger partial charge in [0.15, 0.2) is 11.6 Å². The van der Waals surface area contributed by atoms with Crippen LogP contribution in [-0.4, -0.2) is 11.5 Å². The molecule has 0 bridgehead atoms. The van der Waals surface area contributed by atoms with E-state index in [0.29, 0.717) is 29.1 Å². The average molecular weight is 1160 g/mol. The first-order valence-corrected chi connectivity index (χ1v) is 35.9. The van der Waals surface area contributed by atoms with Crippen LogP contribution in [0.2, 0.25) is 0 Å². The van der Waals surface area contributed by atoms with Gasteiger partial charge in [0, 0.05) is 56.9 Å². The Hall–Kier alpha value is -2.07. The molecule has 1 nitrogen and oxygen atoms in total. The van der Waals surface area contributed by atoms with Gasteiger partial charge in [0.1, 0.15) is 4.88 Å². The summed E-state index contributed by atoms with van der Waals surface area (Å²) in [7, 11) is 0. The van der Waals surface area contributed by atoms with Gasteiger partial charge in [0.25, 0.3) is 0 Å². The van der Waals surface area contributed by atoms with E-state index in [0.717, 1.165) is 57.9 Å². The molecule has 0 aromatic carbocycles. The third-order valence-corrected chi connectivity index (χ3v) is 25.5. The first-order valence-electron chi connectivity index (χ1n) is 30.8. The summed E-state index contributed by atoms with van der Waals surface area (Å²) in [5.74, 6) is 3.12. The van der Waals surface area contributed by atoms with Crippen LogP contribution in [0.15, 0.2) is 41.3 Å². The minimum Gasteiger partial charge on any atom is -0.293 e. The predicted octanol–water partition coefficient (Wildman–Crippen LogP) is 22.9. The lowest BCUT2D eigenvalue weighted by atomic mass is 9.87. The van der Waals surface area contributed by atoms with E-state index in [9.17, 15) is 4.79 Å². The molecule has 5 aromatic heterocycles. The van der Waals surface area contributed by atoms with Crippen LogP contribution < -0.4 is 9.75 Å². The number of carbonyl (C=O) groups is 1. The number of hydrogen-bond acceptors (Lipinski definition) is 7. The van der Waals surface area contributed by atoms with Gasteiger partial charge in [0.2, 0.25) is 0 Å². The molecule has 1 aliphatic rings. The highest BCUT2D eigenvalue weighted by molar-refractivity contribution is 8.03. The lowest BCUT2D eigenvalue weighted by molar-refractivity contribution is 0.0988. The molecular formula is C69H101FOS6. The van der Waals surface area contributed by atoms with Crippen molar-refractivity contribution in [1.82, 2.24) is 0 Å². The van der Waals surface area contributed by atoms with E-state index in [-0.39, 0.29) is 33.7 Å². The number of Topliss-reactive ketones (excluding diaryl/α,β-unsaturated/α-hetero) is 1. The third kappa shape index (κ3) is 15.7. The molecule has 0 saturated carbocycles. The molecular weight excluding hydrogens is 1060 g/mol. The number of thioether (sulfide) groups is 1. The summed E-state index contributed by atoms with van der Waals surface area (Å²) < 4.78 is 19.2. The molecule has 4 unspecified atom stereocenters. The molecule has 1 aliphatic heterocycles. The topological polar surface area (TPSA) is 17.1 Å². The SMILES string of the molecule is C=C1/C=C(/C(C)(C)CC)SC/C(c2cc(CC(CC)CCCC)c(CC(CC)CCCC)s2)=c2/cc(-c3sc(C(C)(C)C)c4c(F)c(C(=O)CC)sc34)s/c2=C/1c1cc(CC(CC)CCCC)c(CC(CC)CCCC)s1. The van der Waals surface area contributed by atoms with E-state index >= 15 is 4.39 Å². The summed E-state index contributed by atoms with van der Waals surface area (Å²) in [4.78, 5) is 24.5. The predicted molar refractivity (Wildman–Crippen MR) is 351 cm³/mol. The van der Waals surface area contributed by atoms with Crippen LogP contribution in [0.1, 0.15) is 265 Å². The minimum atomic E-state index is -0.323. The van der Waals surface area contributed by atoms with Crippen molar-refractivity contribution in [2.45, 2.75) is 251 Å². The van der Waals surface area contributed by atoms with Gasteiger partial charge in [-0.15, -0.1) is 68.4 Å². The van der Waals surface area contributed by atoms with Crippen molar-refractivity contribution in [3.63, 3.8) is 0 Å². The highest BCUT2D eigenvalue weighted by atomic mass is 32.2. The van der Waals surface area contributed by atoms with Crippen molar-refractivity contribution in [3.05, 3.63) is 97.3 Å². The van der Waals surface area contributed by atoms with Crippen LogP contribution in [0.25, 0.3) is 31.0 Å². The second kappa shape index (κ2) is 29.8. The number of ketones is 1. The Kier molecular flexibility index (Phi) is 24.8. The fraction of sp³-hybridized carbons (Fsp3) is 0.638. The first kappa shape index (κ1) is 64.1. The zero-order valence-corrected chi connectivity index (χ0v) is 55.7. The van der Waals surface area contributed by atoms with Crippen molar-refractivity contribution in [2.75, 3.05) is 5.75 Å². The maximum Gasteiger partial charge on any atom is 0.175 e. The van der Waals surface area contributed by atoms with Crippen LogP contribution in [0, 0.1) is 34.9 Å². The molecule has 0 aliphatic carbocycles. The lowest BCUT2D eigenvalue weighted by Gasteiger charge is -2.27. The van der Waals surface area contributed by atoms with Crippen LogP contribution in [-0.2, 0) is 31.1 Å². The van der Waals surface area contributed by atoms with Gasteiger partial charge in [-0.2, -0.15) is 0 Å². The van der Waals surface area contributed by atoms with Crippen molar-refractivity contribution in [1.29, 1.82) is 0 Å². The fourth-order valence-corrected chi connectivity index (χ4v) is 19.9. The largest absolute Gasteiger partial charge is 0.293 e. The summed E-state index contributed by atoms with van der Waals surface area (Å²) in [6.45, 7) is 39.8. The second-order valence-corrected chi connectivity index (χ2v) is 31.0. The summed E-state index contributed by atoms with van der Waals surface area (Å²) >= 11 is 11.3. The molecule has 0 radical (unpaired) electrons. The fourth-order valence-electron chi connectivity index (χ4n) is 11.4. The number of unbranched alkanes of at least 4 members (excludes halogenated alkanes) is 4. The number of rotatable bonds is 31. The highest BCUT2D eigenvalue weighted by Crippen LogP contribution is 2.51. The van der Waals surface area contributed by atoms with Gasteiger partial charge >= 0.3 is 0 Å². The van der Waals surface area contributed by atoms with Crippen molar-refractivity contribution < 1.29 is 9.18 Å². The molecule has 5 aromatic rings. The van der Waals surface area contributed by atoms with E-state index in [1.54, 1.807) is 32.2 Å². The van der Waals surface area contributed by atoms with Gasteiger partial charge < -0.3 is 0 Å². The Bertz CT molecular complexity index is 2800. The summed E-state index contributed by atoms with van der Waals surface area (Å²) in [5, 5.41) is 1.97. The van der Waals surface area contributed by atoms with Gasteiger partial charge in [0.05, 0.1) is 9.58 Å². The van der Waals surface area contributed by atoms with Crippen LogP contribution in [0.5, 0.6) is 0 Å². The Balaban J connectivity index is 1.81. The quantitative estimate of drug-likeness (QED) is 0.0412. The molecule has 0 spiro atoms. The smallest absolute Gasteiger partial charge is 0.175 e. The number of carbonyl (C=O) groups excluding carboxylic acids is 1. The minimum absolute atomic E-state index is 0.0321. The number of thiophene rings is 5. The van der Waals surface area contributed by atoms with Gasteiger partial charge in [-0.05, 0) is 123 Å². The van der Waals surface area contributed by atoms with Crippen LogP contribution >= 0.6 is 68.4 Å². The molecule has 0 fully saturated rings. The van der Waals surface area contributed by atoms with Gasteiger partial charge in [-0.25, -0.2) is 4.39 Å². The Labute approximate surface area is 493 Å². The highest BCUT2D eigenvalue weighted by Gasteiger charge is 2.33. The molecule has 0 saturated heterocycles. The normalized spacial score (nSPS) is 17.5. The van der Waals surface area contributed by atoms with Crippen molar-refractivity contribution in [3.8, 4) is 9.75 Å². The third-order valence-electron chi connectivity index (χ3n) is 17.3. The van der Waals surface area contributed by atoms with Gasteiger partial charge in [-0.3, -0.25) is 4.79 Å². The van der Waals surface area contributed by atoms with E-state index in [4.69, 9.17) is 6.58 Å². The Morgan fingerprint density at radius 1 is 0.623 bits per heavy atom. The standard InChI is InChI=1S/C69H101FOS6/c1-17-27-31-45(21-5)36-49-40-56(73-54(49)38-47(23-7)33-29-19-3)52-43-72-59(69(15,16)26-10)35-44(11)60(57-41-50(37-46(22-6)32-28-18-2)55(74-57)39-48(24-8)34-30-20-4)63-51(52)42-58(75-63)65-66-61(67(77-65)68(12,13)14)62(70)64(76-66)53(71)25-9/h35,40-42,45-48H,11,17-34,36-39,43H2,1-10,12-16H3/b52-51+,59-35-,63-60-. The average Bonchev–Trinajstić information content (AvgIpc) is 4.34. The van der Waals surface area contributed by atoms with Gasteiger partial charge in [-0.1, -0.05) is 213 Å². The summed E-state index contributed by atoms with van der Waals surface area (Å²) in [5.41, 5.74) is 6.61. The lowest BCUT2D eigenvalue weighted by Crippen LogP contribution is -2.25. The Morgan fingerprint density at radius 2 is 1.12 bits per heavy atom. The van der Waals surface area contributed by atoms with E-state index in [1.165, 1.54) is 155 Å². The summed E-state index contributed by atoms with van der Waals surface area (Å²) in [6, 6.07) is 7.82. The number of hydrogen-bond donors (Lipinski definition) is 0. The number of allylic oxidation sites excluding steroid dienone is 3. The number of halogens is 1. The molecule has 8 heteroatoms. The van der Waals surface area contributed by atoms with Crippen molar-refractivity contribution in [2.24, 2.45) is 29.1 Å². The first-order chi connectivity index (χ1) is 36.8. The second-order valence-electron chi connectivity index (χ2n) is 24.6. The molecule has 4 atom stereocenters. The number of fused-ring (bicyclic) bond motifs is 2. The molecule has 6 rings (SSSR count). The summed E-state index contributed by atoms with van der Waals surface area (Å²) in [6.07, 6.45) is 28.5. The van der Waals surface area contributed by atoms with Crippen LogP contribution in [0.4, 0.5) is 4.39 Å².